The highest BCUT2D eigenvalue weighted by Crippen LogP contribution is 2.27. The zero-order valence-corrected chi connectivity index (χ0v) is 12.4. The summed E-state index contributed by atoms with van der Waals surface area (Å²) >= 11 is 11.5. The standard InChI is InChI=1S/C11H13Cl2N3O4/c1-3-19-10(17)5(11(18)20-4-2)9-15-7(12)6(14)8(13)16-9/h5H,3-4,14H2,1-2H3. The molecule has 110 valence electrons. The first kappa shape index (κ1) is 16.5. The van der Waals surface area contributed by atoms with Crippen LogP contribution in [-0.2, 0) is 19.1 Å². The van der Waals surface area contributed by atoms with Crippen LogP contribution in [0.15, 0.2) is 0 Å². The topological polar surface area (TPSA) is 104 Å². The molecule has 0 unspecified atom stereocenters. The first-order valence-corrected chi connectivity index (χ1v) is 6.49. The van der Waals surface area contributed by atoms with E-state index in [1.165, 1.54) is 0 Å². The van der Waals surface area contributed by atoms with Crippen LogP contribution >= 0.6 is 23.2 Å². The number of nitrogen functional groups attached to an aromatic ring is 1. The van der Waals surface area contributed by atoms with Crippen LogP contribution in [0.2, 0.25) is 10.3 Å². The number of halogens is 2. The van der Waals surface area contributed by atoms with E-state index in [2.05, 4.69) is 9.97 Å². The third-order valence-corrected chi connectivity index (χ3v) is 2.75. The van der Waals surface area contributed by atoms with Crippen molar-refractivity contribution < 1.29 is 19.1 Å². The summed E-state index contributed by atoms with van der Waals surface area (Å²) in [5, 5.41) is -0.308. The maximum absolute atomic E-state index is 11.8. The zero-order valence-electron chi connectivity index (χ0n) is 10.9. The number of hydrogen-bond donors (Lipinski definition) is 1. The summed E-state index contributed by atoms with van der Waals surface area (Å²) in [6.07, 6.45) is 0. The summed E-state index contributed by atoms with van der Waals surface area (Å²) in [7, 11) is 0. The van der Waals surface area contributed by atoms with Gasteiger partial charge in [0.1, 0.15) is 5.69 Å². The Balaban J connectivity index is 3.23. The van der Waals surface area contributed by atoms with Gasteiger partial charge < -0.3 is 15.2 Å². The largest absolute Gasteiger partial charge is 0.465 e. The van der Waals surface area contributed by atoms with Crippen molar-refractivity contribution in [2.24, 2.45) is 0 Å². The third-order valence-electron chi connectivity index (χ3n) is 2.17. The molecule has 0 atom stereocenters. The second-order valence-corrected chi connectivity index (χ2v) is 4.23. The number of aromatic nitrogens is 2. The molecular weight excluding hydrogens is 309 g/mol. The van der Waals surface area contributed by atoms with E-state index in [1.807, 2.05) is 0 Å². The number of rotatable bonds is 5. The minimum atomic E-state index is -1.45. The van der Waals surface area contributed by atoms with E-state index in [4.69, 9.17) is 38.4 Å². The van der Waals surface area contributed by atoms with Gasteiger partial charge in [-0.25, -0.2) is 9.97 Å². The monoisotopic (exact) mass is 321 g/mol. The van der Waals surface area contributed by atoms with E-state index >= 15 is 0 Å². The van der Waals surface area contributed by atoms with Crippen LogP contribution in [0.1, 0.15) is 25.6 Å². The van der Waals surface area contributed by atoms with Gasteiger partial charge in [0.05, 0.1) is 13.2 Å². The minimum absolute atomic E-state index is 0.0384. The zero-order chi connectivity index (χ0) is 15.3. The van der Waals surface area contributed by atoms with Crippen LogP contribution in [0.4, 0.5) is 5.69 Å². The Morgan fingerprint density at radius 2 is 1.50 bits per heavy atom. The van der Waals surface area contributed by atoms with E-state index in [0.717, 1.165) is 0 Å². The Labute approximate surface area is 125 Å². The summed E-state index contributed by atoms with van der Waals surface area (Å²) in [5.74, 6) is -3.36. The van der Waals surface area contributed by atoms with Crippen molar-refractivity contribution in [1.29, 1.82) is 0 Å². The van der Waals surface area contributed by atoms with Crippen LogP contribution < -0.4 is 5.73 Å². The lowest BCUT2D eigenvalue weighted by Crippen LogP contribution is -2.28. The van der Waals surface area contributed by atoms with E-state index < -0.39 is 17.9 Å². The van der Waals surface area contributed by atoms with Gasteiger partial charge >= 0.3 is 11.9 Å². The van der Waals surface area contributed by atoms with Crippen LogP contribution in [0.25, 0.3) is 0 Å². The molecule has 0 fully saturated rings. The Morgan fingerprint density at radius 3 is 1.85 bits per heavy atom. The maximum Gasteiger partial charge on any atom is 0.328 e. The minimum Gasteiger partial charge on any atom is -0.465 e. The second-order valence-electron chi connectivity index (χ2n) is 3.51. The molecule has 1 aromatic rings. The molecule has 0 saturated heterocycles. The lowest BCUT2D eigenvalue weighted by Gasteiger charge is -2.14. The van der Waals surface area contributed by atoms with E-state index in [0.29, 0.717) is 0 Å². The summed E-state index contributed by atoms with van der Waals surface area (Å²) < 4.78 is 9.60. The van der Waals surface area contributed by atoms with Crippen molar-refractivity contribution in [3.05, 3.63) is 16.1 Å². The predicted molar refractivity (Wildman–Crippen MR) is 72.5 cm³/mol. The molecule has 2 N–H and O–H groups in total. The third kappa shape index (κ3) is 3.71. The van der Waals surface area contributed by atoms with Gasteiger partial charge in [-0.15, -0.1) is 0 Å². The Kier molecular flexibility index (Phi) is 5.97. The van der Waals surface area contributed by atoms with Crippen LogP contribution in [0.5, 0.6) is 0 Å². The molecule has 0 bridgehead atoms. The van der Waals surface area contributed by atoms with Crippen LogP contribution in [0.3, 0.4) is 0 Å². The van der Waals surface area contributed by atoms with E-state index in [-0.39, 0.29) is 35.0 Å². The molecule has 0 saturated carbocycles. The number of carbonyl (C=O) groups excluding carboxylic acids is 2. The normalized spacial score (nSPS) is 10.4. The Morgan fingerprint density at radius 1 is 1.10 bits per heavy atom. The van der Waals surface area contributed by atoms with Crippen molar-refractivity contribution in [1.82, 2.24) is 9.97 Å². The van der Waals surface area contributed by atoms with Crippen molar-refractivity contribution in [3.63, 3.8) is 0 Å². The second kappa shape index (κ2) is 7.25. The number of ether oxygens (including phenoxy) is 2. The van der Waals surface area contributed by atoms with Gasteiger partial charge in [0, 0.05) is 0 Å². The number of anilines is 1. The predicted octanol–water partition coefficient (Wildman–Crippen LogP) is 1.58. The van der Waals surface area contributed by atoms with Gasteiger partial charge in [-0.1, -0.05) is 23.2 Å². The highest BCUT2D eigenvalue weighted by molar-refractivity contribution is 6.37. The lowest BCUT2D eigenvalue weighted by atomic mass is 10.1. The molecule has 0 aliphatic heterocycles. The smallest absolute Gasteiger partial charge is 0.328 e. The summed E-state index contributed by atoms with van der Waals surface area (Å²) in [6, 6.07) is 0. The first-order valence-electron chi connectivity index (χ1n) is 5.74. The number of carbonyl (C=O) groups is 2. The number of esters is 2. The number of hydrogen-bond acceptors (Lipinski definition) is 7. The fraction of sp³-hybridized carbons (Fsp3) is 0.455. The average molecular weight is 322 g/mol. The molecule has 0 aliphatic rings. The first-order chi connectivity index (χ1) is 9.42. The molecule has 1 rings (SSSR count). The van der Waals surface area contributed by atoms with Gasteiger partial charge in [-0.05, 0) is 13.8 Å². The molecule has 0 spiro atoms. The Hall–Kier alpha value is -1.60. The molecule has 0 aliphatic carbocycles. The quantitative estimate of drug-likeness (QED) is 0.498. The van der Waals surface area contributed by atoms with Crippen molar-refractivity contribution in [2.45, 2.75) is 19.8 Å². The summed E-state index contributed by atoms with van der Waals surface area (Å²) in [4.78, 5) is 31.3. The average Bonchev–Trinajstić information content (AvgIpc) is 2.36. The molecule has 7 nitrogen and oxygen atoms in total. The fourth-order valence-electron chi connectivity index (χ4n) is 1.32. The maximum atomic E-state index is 11.8. The highest BCUT2D eigenvalue weighted by Gasteiger charge is 2.35. The van der Waals surface area contributed by atoms with Crippen molar-refractivity contribution in [3.8, 4) is 0 Å². The van der Waals surface area contributed by atoms with Gasteiger partial charge in [0.25, 0.3) is 0 Å². The Bertz CT molecular complexity index is 483. The van der Waals surface area contributed by atoms with Crippen molar-refractivity contribution >= 4 is 40.8 Å². The fourth-order valence-corrected chi connectivity index (χ4v) is 1.72. The van der Waals surface area contributed by atoms with E-state index in [1.54, 1.807) is 13.8 Å². The molecule has 9 heteroatoms. The molecule has 0 aromatic carbocycles. The molecular formula is C11H13Cl2N3O4. The van der Waals surface area contributed by atoms with Gasteiger partial charge in [0.15, 0.2) is 16.1 Å². The van der Waals surface area contributed by atoms with Gasteiger partial charge in [-0.3, -0.25) is 9.59 Å². The SMILES string of the molecule is CCOC(=O)C(C(=O)OCC)c1nc(Cl)c(N)c(Cl)n1. The number of nitrogens with zero attached hydrogens (tertiary/aromatic N) is 2. The lowest BCUT2D eigenvalue weighted by molar-refractivity contribution is -0.157. The van der Waals surface area contributed by atoms with Crippen LogP contribution in [0, 0.1) is 0 Å². The van der Waals surface area contributed by atoms with Gasteiger partial charge in [0.2, 0.25) is 5.92 Å². The van der Waals surface area contributed by atoms with Gasteiger partial charge in [-0.2, -0.15) is 0 Å². The van der Waals surface area contributed by atoms with Crippen molar-refractivity contribution in [2.75, 3.05) is 18.9 Å². The number of nitrogens with two attached hydrogens (primary N) is 1. The molecule has 0 radical (unpaired) electrons. The molecule has 1 aromatic heterocycles. The summed E-state index contributed by atoms with van der Waals surface area (Å²) in [5.41, 5.74) is 5.46. The van der Waals surface area contributed by atoms with Crippen LogP contribution in [-0.4, -0.2) is 35.1 Å². The summed E-state index contributed by atoms with van der Waals surface area (Å²) in [6.45, 7) is 3.38. The molecule has 0 amide bonds. The van der Waals surface area contributed by atoms with E-state index in [9.17, 15) is 9.59 Å². The molecule has 1 heterocycles. The highest BCUT2D eigenvalue weighted by atomic mass is 35.5. The molecule has 20 heavy (non-hydrogen) atoms.